The van der Waals surface area contributed by atoms with Crippen molar-refractivity contribution in [3.05, 3.63) is 36.7 Å². The van der Waals surface area contributed by atoms with Crippen LogP contribution in [0.1, 0.15) is 6.42 Å². The second-order valence-electron chi connectivity index (χ2n) is 4.85. The van der Waals surface area contributed by atoms with Gasteiger partial charge in [0.2, 0.25) is 0 Å². The summed E-state index contributed by atoms with van der Waals surface area (Å²) in [6, 6.07) is 6.66. The maximum Gasteiger partial charge on any atom is 0.165 e. The number of rotatable bonds is 4. The van der Waals surface area contributed by atoms with Gasteiger partial charge in [0.05, 0.1) is 12.4 Å². The monoisotopic (exact) mass is 259 g/mol. The Bertz CT molecular complexity index is 530. The number of ether oxygens (including phenoxy) is 1. The summed E-state index contributed by atoms with van der Waals surface area (Å²) >= 11 is 0. The number of hydrogen-bond acceptors (Lipinski definition) is 4. The number of aromatic hydroxyl groups is 1. The Hall–Kier alpha value is -2.01. The molecule has 1 aromatic heterocycles. The van der Waals surface area contributed by atoms with E-state index in [1.807, 2.05) is 10.9 Å². The number of phenols is 1. The van der Waals surface area contributed by atoms with Crippen LogP contribution in [-0.2, 0) is 6.54 Å². The third-order valence-corrected chi connectivity index (χ3v) is 3.29. The molecule has 2 aromatic rings. The van der Waals surface area contributed by atoms with E-state index in [-0.39, 0.29) is 5.75 Å². The lowest BCUT2D eigenvalue weighted by atomic mass is 10.1. The molecule has 19 heavy (non-hydrogen) atoms. The predicted octanol–water partition coefficient (Wildman–Crippen LogP) is 1.99. The van der Waals surface area contributed by atoms with Gasteiger partial charge in [-0.25, -0.2) is 0 Å². The first kappa shape index (κ1) is 12.0. The second-order valence-corrected chi connectivity index (χ2v) is 4.85. The Balaban J connectivity index is 1.62. The standard InChI is InChI=1S/C14H17N3O2/c18-12-1-3-13(4-2-12)19-14-8-16-17(10-14)9-11-5-6-15-7-11/h1-4,8,10-11,15,18H,5-7,9H2. The molecule has 0 aliphatic carbocycles. The summed E-state index contributed by atoms with van der Waals surface area (Å²) in [7, 11) is 0. The van der Waals surface area contributed by atoms with Crippen molar-refractivity contribution in [2.75, 3.05) is 13.1 Å². The number of nitrogens with zero attached hydrogens (tertiary/aromatic N) is 2. The van der Waals surface area contributed by atoms with Gasteiger partial charge in [-0.05, 0) is 49.7 Å². The van der Waals surface area contributed by atoms with E-state index in [2.05, 4.69) is 10.4 Å². The largest absolute Gasteiger partial charge is 0.508 e. The van der Waals surface area contributed by atoms with Gasteiger partial charge in [-0.15, -0.1) is 0 Å². The van der Waals surface area contributed by atoms with Crippen molar-refractivity contribution in [3.8, 4) is 17.2 Å². The Kier molecular flexibility index (Phi) is 3.37. The van der Waals surface area contributed by atoms with Gasteiger partial charge in [-0.3, -0.25) is 4.68 Å². The first-order chi connectivity index (χ1) is 9.29. The minimum Gasteiger partial charge on any atom is -0.508 e. The molecule has 1 aromatic carbocycles. The highest BCUT2D eigenvalue weighted by molar-refractivity contribution is 5.33. The summed E-state index contributed by atoms with van der Waals surface area (Å²) in [4.78, 5) is 0. The van der Waals surface area contributed by atoms with Crippen LogP contribution < -0.4 is 10.1 Å². The summed E-state index contributed by atoms with van der Waals surface area (Å²) in [6.07, 6.45) is 4.83. The van der Waals surface area contributed by atoms with Crippen molar-refractivity contribution in [3.63, 3.8) is 0 Å². The quantitative estimate of drug-likeness (QED) is 0.881. The number of aromatic nitrogens is 2. The first-order valence-corrected chi connectivity index (χ1v) is 6.50. The molecule has 0 spiro atoms. The zero-order chi connectivity index (χ0) is 13.1. The van der Waals surface area contributed by atoms with Crippen molar-refractivity contribution in [2.24, 2.45) is 5.92 Å². The van der Waals surface area contributed by atoms with E-state index in [4.69, 9.17) is 4.74 Å². The first-order valence-electron chi connectivity index (χ1n) is 6.50. The molecule has 1 fully saturated rings. The van der Waals surface area contributed by atoms with Crippen LogP contribution in [-0.4, -0.2) is 28.0 Å². The van der Waals surface area contributed by atoms with Crippen molar-refractivity contribution < 1.29 is 9.84 Å². The van der Waals surface area contributed by atoms with Gasteiger partial charge in [0.1, 0.15) is 11.5 Å². The lowest BCUT2D eigenvalue weighted by Crippen LogP contribution is -2.14. The molecule has 2 N–H and O–H groups in total. The number of benzene rings is 1. The molecule has 5 nitrogen and oxygen atoms in total. The fourth-order valence-electron chi connectivity index (χ4n) is 2.28. The Morgan fingerprint density at radius 2 is 2.16 bits per heavy atom. The van der Waals surface area contributed by atoms with E-state index in [0.717, 1.165) is 25.4 Å². The van der Waals surface area contributed by atoms with E-state index in [1.165, 1.54) is 6.42 Å². The highest BCUT2D eigenvalue weighted by atomic mass is 16.5. The Morgan fingerprint density at radius 1 is 1.32 bits per heavy atom. The van der Waals surface area contributed by atoms with Gasteiger partial charge >= 0.3 is 0 Å². The molecule has 100 valence electrons. The molecule has 0 radical (unpaired) electrons. The minimum absolute atomic E-state index is 0.233. The smallest absolute Gasteiger partial charge is 0.165 e. The lowest BCUT2D eigenvalue weighted by Gasteiger charge is -2.07. The summed E-state index contributed by atoms with van der Waals surface area (Å²) in [5.74, 6) is 2.30. The molecule has 3 rings (SSSR count). The SMILES string of the molecule is Oc1ccc(Oc2cnn(CC3CCNC3)c2)cc1. The lowest BCUT2D eigenvalue weighted by molar-refractivity contribution is 0.443. The van der Waals surface area contributed by atoms with Crippen LogP contribution in [0, 0.1) is 5.92 Å². The van der Waals surface area contributed by atoms with Crippen LogP contribution >= 0.6 is 0 Å². The molecule has 2 heterocycles. The highest BCUT2D eigenvalue weighted by Crippen LogP contribution is 2.23. The maximum atomic E-state index is 9.21. The van der Waals surface area contributed by atoms with Gasteiger partial charge in [0.15, 0.2) is 5.75 Å². The number of hydrogen-bond donors (Lipinski definition) is 2. The highest BCUT2D eigenvalue weighted by Gasteiger charge is 2.15. The second kappa shape index (κ2) is 5.32. The summed E-state index contributed by atoms with van der Waals surface area (Å²) < 4.78 is 7.59. The predicted molar refractivity (Wildman–Crippen MR) is 71.4 cm³/mol. The van der Waals surface area contributed by atoms with E-state index in [1.54, 1.807) is 30.5 Å². The molecule has 0 amide bonds. The molecule has 1 aliphatic rings. The molecule has 0 bridgehead atoms. The summed E-state index contributed by atoms with van der Waals surface area (Å²) in [5, 5.41) is 16.9. The molecule has 1 unspecified atom stereocenters. The average Bonchev–Trinajstić information content (AvgIpc) is 3.05. The number of nitrogens with one attached hydrogen (secondary N) is 1. The van der Waals surface area contributed by atoms with Gasteiger partial charge in [0.25, 0.3) is 0 Å². The molecule has 5 heteroatoms. The molecule has 1 atom stereocenters. The molecular formula is C14H17N3O2. The fourth-order valence-corrected chi connectivity index (χ4v) is 2.28. The zero-order valence-electron chi connectivity index (χ0n) is 10.6. The number of phenolic OH excluding ortho intramolecular Hbond substituents is 1. The minimum atomic E-state index is 0.233. The van der Waals surface area contributed by atoms with Crippen LogP contribution in [0.25, 0.3) is 0 Å². The van der Waals surface area contributed by atoms with Crippen LogP contribution in [0.2, 0.25) is 0 Å². The van der Waals surface area contributed by atoms with E-state index in [9.17, 15) is 5.11 Å². The zero-order valence-corrected chi connectivity index (χ0v) is 10.6. The van der Waals surface area contributed by atoms with Crippen LogP contribution in [0.15, 0.2) is 36.7 Å². The van der Waals surface area contributed by atoms with Crippen molar-refractivity contribution in [1.29, 1.82) is 0 Å². The van der Waals surface area contributed by atoms with Crippen LogP contribution in [0.5, 0.6) is 17.2 Å². The van der Waals surface area contributed by atoms with Gasteiger partial charge in [0, 0.05) is 6.54 Å². The molecule has 1 saturated heterocycles. The van der Waals surface area contributed by atoms with Gasteiger partial charge in [-0.2, -0.15) is 5.10 Å². The Labute approximate surface area is 111 Å². The average molecular weight is 259 g/mol. The maximum absolute atomic E-state index is 9.21. The third kappa shape index (κ3) is 3.06. The Morgan fingerprint density at radius 3 is 2.89 bits per heavy atom. The van der Waals surface area contributed by atoms with Gasteiger partial charge in [-0.1, -0.05) is 0 Å². The van der Waals surface area contributed by atoms with E-state index >= 15 is 0 Å². The van der Waals surface area contributed by atoms with Crippen LogP contribution in [0.3, 0.4) is 0 Å². The van der Waals surface area contributed by atoms with Crippen molar-refractivity contribution in [2.45, 2.75) is 13.0 Å². The van der Waals surface area contributed by atoms with E-state index < -0.39 is 0 Å². The van der Waals surface area contributed by atoms with Gasteiger partial charge < -0.3 is 15.2 Å². The third-order valence-electron chi connectivity index (χ3n) is 3.29. The summed E-state index contributed by atoms with van der Waals surface area (Å²) in [6.45, 7) is 3.09. The van der Waals surface area contributed by atoms with Crippen molar-refractivity contribution >= 4 is 0 Å². The van der Waals surface area contributed by atoms with Crippen molar-refractivity contribution in [1.82, 2.24) is 15.1 Å². The normalized spacial score (nSPS) is 18.6. The molecule has 0 saturated carbocycles. The molecular weight excluding hydrogens is 242 g/mol. The van der Waals surface area contributed by atoms with Crippen LogP contribution in [0.4, 0.5) is 0 Å². The topological polar surface area (TPSA) is 59.3 Å². The fraction of sp³-hybridized carbons (Fsp3) is 0.357. The molecule has 1 aliphatic heterocycles. The summed E-state index contributed by atoms with van der Waals surface area (Å²) in [5.41, 5.74) is 0. The van der Waals surface area contributed by atoms with E-state index in [0.29, 0.717) is 11.7 Å².